The van der Waals surface area contributed by atoms with Gasteiger partial charge in [-0.15, -0.1) is 0 Å². The largest absolute Gasteiger partial charge is 0.378 e. The summed E-state index contributed by atoms with van der Waals surface area (Å²) in [5.41, 5.74) is 5.63. The zero-order chi connectivity index (χ0) is 14.9. The van der Waals surface area contributed by atoms with Gasteiger partial charge in [-0.1, -0.05) is 23.8 Å². The fourth-order valence-electron chi connectivity index (χ4n) is 2.34. The van der Waals surface area contributed by atoms with Crippen LogP contribution in [0.4, 0.5) is 10.1 Å². The maximum Gasteiger partial charge on any atom is 0.137 e. The molecule has 0 saturated carbocycles. The van der Waals surface area contributed by atoms with E-state index in [1.54, 1.807) is 12.1 Å². The van der Waals surface area contributed by atoms with Crippen LogP contribution in [0.5, 0.6) is 0 Å². The molecular formula is C17H19BrFN. The van der Waals surface area contributed by atoms with Crippen molar-refractivity contribution in [2.75, 3.05) is 5.32 Å². The normalized spacial score (nSPS) is 12.3. The molecule has 1 nitrogen and oxygen atoms in total. The standard InChI is InChI=1S/C17H19BrFN/c1-10-5-6-11(2)14(7-10)13(4)20-17-9-15(18)16(19)8-12(17)3/h5-9,13,20H,1-4H3. The highest BCUT2D eigenvalue weighted by Crippen LogP contribution is 2.28. The second kappa shape index (κ2) is 5.96. The van der Waals surface area contributed by atoms with E-state index in [2.05, 4.69) is 60.2 Å². The molecule has 0 radical (unpaired) electrons. The van der Waals surface area contributed by atoms with Crippen molar-refractivity contribution in [3.05, 3.63) is 62.9 Å². The highest BCUT2D eigenvalue weighted by Gasteiger charge is 2.11. The van der Waals surface area contributed by atoms with Crippen LogP contribution in [0.25, 0.3) is 0 Å². The lowest BCUT2D eigenvalue weighted by atomic mass is 9.99. The number of halogens is 2. The predicted octanol–water partition coefficient (Wildman–Crippen LogP) is 5.69. The van der Waals surface area contributed by atoms with Gasteiger partial charge in [0.15, 0.2) is 0 Å². The monoisotopic (exact) mass is 335 g/mol. The summed E-state index contributed by atoms with van der Waals surface area (Å²) < 4.78 is 13.9. The molecule has 20 heavy (non-hydrogen) atoms. The van der Waals surface area contributed by atoms with Gasteiger partial charge < -0.3 is 5.32 Å². The number of hydrogen-bond acceptors (Lipinski definition) is 1. The number of rotatable bonds is 3. The van der Waals surface area contributed by atoms with Gasteiger partial charge in [0, 0.05) is 11.7 Å². The molecule has 0 aliphatic heterocycles. The molecule has 0 saturated heterocycles. The van der Waals surface area contributed by atoms with Gasteiger partial charge in [0.25, 0.3) is 0 Å². The van der Waals surface area contributed by atoms with Crippen molar-refractivity contribution in [2.24, 2.45) is 0 Å². The minimum atomic E-state index is -0.229. The molecule has 0 spiro atoms. The fraction of sp³-hybridized carbons (Fsp3) is 0.294. The third kappa shape index (κ3) is 3.21. The molecule has 0 aliphatic rings. The van der Waals surface area contributed by atoms with Crippen molar-refractivity contribution < 1.29 is 4.39 Å². The molecule has 0 bridgehead atoms. The summed E-state index contributed by atoms with van der Waals surface area (Å²) in [4.78, 5) is 0. The van der Waals surface area contributed by atoms with E-state index in [1.165, 1.54) is 16.7 Å². The Morgan fingerprint density at radius 1 is 1.05 bits per heavy atom. The Bertz CT molecular complexity index is 637. The van der Waals surface area contributed by atoms with E-state index < -0.39 is 0 Å². The van der Waals surface area contributed by atoms with Crippen molar-refractivity contribution in [3.8, 4) is 0 Å². The van der Waals surface area contributed by atoms with Gasteiger partial charge in [-0.05, 0) is 72.4 Å². The van der Waals surface area contributed by atoms with Crippen molar-refractivity contribution in [3.63, 3.8) is 0 Å². The molecule has 0 fully saturated rings. The zero-order valence-corrected chi connectivity index (χ0v) is 13.8. The molecule has 0 aliphatic carbocycles. The van der Waals surface area contributed by atoms with Crippen LogP contribution in [0.3, 0.4) is 0 Å². The summed E-state index contributed by atoms with van der Waals surface area (Å²) >= 11 is 3.24. The van der Waals surface area contributed by atoms with Crippen LogP contribution in [-0.4, -0.2) is 0 Å². The topological polar surface area (TPSA) is 12.0 Å². The van der Waals surface area contributed by atoms with Crippen molar-refractivity contribution in [2.45, 2.75) is 33.7 Å². The maximum atomic E-state index is 13.5. The Balaban J connectivity index is 2.30. The van der Waals surface area contributed by atoms with Gasteiger partial charge in [-0.2, -0.15) is 0 Å². The molecule has 1 atom stereocenters. The lowest BCUT2D eigenvalue weighted by molar-refractivity contribution is 0.620. The molecular weight excluding hydrogens is 317 g/mol. The lowest BCUT2D eigenvalue weighted by Gasteiger charge is -2.20. The Labute approximate surface area is 128 Å². The molecule has 2 aromatic rings. The number of benzene rings is 2. The second-order valence-electron chi connectivity index (χ2n) is 5.31. The number of hydrogen-bond donors (Lipinski definition) is 1. The van der Waals surface area contributed by atoms with Crippen molar-refractivity contribution >= 4 is 21.6 Å². The molecule has 2 rings (SSSR count). The average Bonchev–Trinajstić information content (AvgIpc) is 2.38. The zero-order valence-electron chi connectivity index (χ0n) is 12.2. The third-order valence-electron chi connectivity index (χ3n) is 3.54. The third-order valence-corrected chi connectivity index (χ3v) is 4.15. The fourth-order valence-corrected chi connectivity index (χ4v) is 2.68. The van der Waals surface area contributed by atoms with Crippen LogP contribution in [0.2, 0.25) is 0 Å². The first kappa shape index (κ1) is 15.0. The van der Waals surface area contributed by atoms with Gasteiger partial charge in [0.2, 0.25) is 0 Å². The van der Waals surface area contributed by atoms with Crippen LogP contribution >= 0.6 is 15.9 Å². The predicted molar refractivity (Wildman–Crippen MR) is 86.8 cm³/mol. The number of aryl methyl sites for hydroxylation is 3. The summed E-state index contributed by atoms with van der Waals surface area (Å²) in [6.07, 6.45) is 0. The summed E-state index contributed by atoms with van der Waals surface area (Å²) in [6, 6.07) is 9.96. The van der Waals surface area contributed by atoms with Crippen LogP contribution in [-0.2, 0) is 0 Å². The molecule has 106 valence electrons. The minimum absolute atomic E-state index is 0.172. The Morgan fingerprint density at radius 3 is 2.45 bits per heavy atom. The van der Waals surface area contributed by atoms with E-state index in [9.17, 15) is 4.39 Å². The first-order valence-corrected chi connectivity index (χ1v) is 7.47. The first-order chi connectivity index (χ1) is 9.38. The van der Waals surface area contributed by atoms with Gasteiger partial charge in [0.05, 0.1) is 4.47 Å². The van der Waals surface area contributed by atoms with Crippen molar-refractivity contribution in [1.29, 1.82) is 0 Å². The minimum Gasteiger partial charge on any atom is -0.378 e. The van der Waals surface area contributed by atoms with E-state index in [-0.39, 0.29) is 11.9 Å². The summed E-state index contributed by atoms with van der Waals surface area (Å²) in [5, 5.41) is 3.47. The average molecular weight is 336 g/mol. The van der Waals surface area contributed by atoms with Gasteiger partial charge >= 0.3 is 0 Å². The van der Waals surface area contributed by atoms with Gasteiger partial charge in [-0.25, -0.2) is 4.39 Å². The van der Waals surface area contributed by atoms with E-state index in [1.807, 2.05) is 6.92 Å². The maximum absolute atomic E-state index is 13.5. The van der Waals surface area contributed by atoms with Gasteiger partial charge in [-0.3, -0.25) is 0 Å². The summed E-state index contributed by atoms with van der Waals surface area (Å²) in [6.45, 7) is 8.24. The summed E-state index contributed by atoms with van der Waals surface area (Å²) in [5.74, 6) is -0.229. The smallest absolute Gasteiger partial charge is 0.137 e. The summed E-state index contributed by atoms with van der Waals surface area (Å²) in [7, 11) is 0. The first-order valence-electron chi connectivity index (χ1n) is 6.68. The molecule has 0 aromatic heterocycles. The Kier molecular flexibility index (Phi) is 4.48. The van der Waals surface area contributed by atoms with E-state index in [0.717, 1.165) is 11.3 Å². The molecule has 1 unspecified atom stereocenters. The van der Waals surface area contributed by atoms with Crippen LogP contribution < -0.4 is 5.32 Å². The SMILES string of the molecule is Cc1ccc(C)c(C(C)Nc2cc(Br)c(F)cc2C)c1. The van der Waals surface area contributed by atoms with Crippen LogP contribution in [0.15, 0.2) is 34.8 Å². The molecule has 1 N–H and O–H groups in total. The molecule has 2 aromatic carbocycles. The van der Waals surface area contributed by atoms with E-state index >= 15 is 0 Å². The Hall–Kier alpha value is -1.35. The number of anilines is 1. The molecule has 0 amide bonds. The van der Waals surface area contributed by atoms with E-state index in [0.29, 0.717) is 4.47 Å². The quantitative estimate of drug-likeness (QED) is 0.760. The van der Waals surface area contributed by atoms with E-state index in [4.69, 9.17) is 0 Å². The Morgan fingerprint density at radius 2 is 1.75 bits per heavy atom. The number of nitrogens with one attached hydrogen (secondary N) is 1. The van der Waals surface area contributed by atoms with Crippen LogP contribution in [0.1, 0.15) is 35.2 Å². The van der Waals surface area contributed by atoms with Gasteiger partial charge in [0.1, 0.15) is 5.82 Å². The molecule has 0 heterocycles. The highest BCUT2D eigenvalue weighted by molar-refractivity contribution is 9.10. The van der Waals surface area contributed by atoms with Crippen molar-refractivity contribution in [1.82, 2.24) is 0 Å². The molecule has 3 heteroatoms. The lowest BCUT2D eigenvalue weighted by Crippen LogP contribution is -2.09. The second-order valence-corrected chi connectivity index (χ2v) is 6.16. The van der Waals surface area contributed by atoms with Crippen LogP contribution in [0, 0.1) is 26.6 Å². The highest BCUT2D eigenvalue weighted by atomic mass is 79.9.